The highest BCUT2D eigenvalue weighted by Crippen LogP contribution is 2.51. The fraction of sp³-hybridized carbons (Fsp3) is 0.348. The van der Waals surface area contributed by atoms with E-state index in [2.05, 4.69) is 524 Å². The van der Waals surface area contributed by atoms with E-state index >= 15 is 0 Å². The summed E-state index contributed by atoms with van der Waals surface area (Å²) in [4.78, 5) is 41.2. The Labute approximate surface area is 870 Å². The number of hydrogen-bond donors (Lipinski definition) is 4. The molecule has 4 N–H and O–H groups in total. The normalized spacial score (nSPS) is 13.8. The van der Waals surface area contributed by atoms with Crippen LogP contribution in [0.5, 0.6) is 0 Å². The molecular formula is C138H154N8. The van der Waals surface area contributed by atoms with Gasteiger partial charge in [0.05, 0.1) is 45.6 Å². The van der Waals surface area contributed by atoms with Crippen molar-refractivity contribution in [2.75, 3.05) is 0 Å². The molecule has 4 aliphatic rings. The van der Waals surface area contributed by atoms with E-state index < -0.39 is 0 Å². The first-order valence-electron chi connectivity index (χ1n) is 53.1. The lowest BCUT2D eigenvalue weighted by molar-refractivity contribution is 0.568. The third-order valence-electron chi connectivity index (χ3n) is 30.6. The first kappa shape index (κ1) is 101. The molecule has 146 heavy (non-hydrogen) atoms. The number of aromatic nitrogens is 8. The van der Waals surface area contributed by atoms with Gasteiger partial charge >= 0.3 is 0 Å². The molecular weight excluding hydrogens is 1770 g/mol. The number of fused-ring (bicyclic) bond motifs is 19. The average Bonchev–Trinajstić information content (AvgIpc) is 1.54. The van der Waals surface area contributed by atoms with Crippen LogP contribution >= 0.6 is 0 Å². The van der Waals surface area contributed by atoms with Gasteiger partial charge in [-0.15, -0.1) is 0 Å². The van der Waals surface area contributed by atoms with Crippen LogP contribution in [0.2, 0.25) is 0 Å². The van der Waals surface area contributed by atoms with Gasteiger partial charge in [-0.1, -0.05) is 395 Å². The minimum Gasteiger partial charge on any atom is -0.354 e. The van der Waals surface area contributed by atoms with Crippen molar-refractivity contribution < 1.29 is 0 Å². The molecule has 10 heterocycles. The van der Waals surface area contributed by atoms with Crippen LogP contribution in [0, 0.1) is 0 Å². The smallest absolute Gasteiger partial charge is 0.0737 e. The predicted octanol–water partition coefficient (Wildman–Crippen LogP) is 38.8. The highest BCUT2D eigenvalue weighted by Gasteiger charge is 2.34. The molecule has 19 rings (SSSR count). The summed E-state index contributed by atoms with van der Waals surface area (Å²) >= 11 is 0. The standard InChI is InChI=1S/C138H154N8/c1-127(2,3)89-59-83(60-90(73-89)128(4,5)6)121-107-47-43-103(139-107)119(104-44-48-108(140-104)122(84-61-91(129(7,8)9)74-92(62-84)130(10,11)12)112-52-56-116(144-112)125(115-55-51-111(121)143-115)87-67-97(135(25,26)27)77-98(68-87)136(28,29)30)81-41-39-79-37-38-80-40-42-82(72-102(80)101(79)71-81)120-105-45-49-109(141-105)123(85-63-93(131(13,14)15)75-94(64-85)132(16,17)18)113-53-57-117(145-113)126(88-69-99(137(31,32)33)78-100(70-88)138(34,35)36)118-58-54-114(146-118)124(110-50-46-106(120)142-110)86-65-95(133(19,20)21)76-96(66-86)134(22,23)24/h37-78,139,141,144,146H,1-36H3. The Bertz CT molecular complexity index is 7580. The Morgan fingerprint density at radius 1 is 0.137 bits per heavy atom. The van der Waals surface area contributed by atoms with E-state index in [1.54, 1.807) is 0 Å². The Morgan fingerprint density at radius 2 is 0.260 bits per heavy atom. The second-order valence-electron chi connectivity index (χ2n) is 54.7. The van der Waals surface area contributed by atoms with Crippen LogP contribution in [0.4, 0.5) is 0 Å². The summed E-state index contributed by atoms with van der Waals surface area (Å²) in [6, 6.07) is 80.8. The van der Waals surface area contributed by atoms with Gasteiger partial charge in [0.15, 0.2) is 0 Å². The molecule has 9 aromatic carbocycles. The highest BCUT2D eigenvalue weighted by atomic mass is 14.8. The number of H-pyrrole nitrogens is 4. The lowest BCUT2D eigenvalue weighted by Crippen LogP contribution is -2.16. The first-order chi connectivity index (χ1) is 67.8. The number of rotatable bonds is 8. The van der Waals surface area contributed by atoms with Crippen LogP contribution in [0.1, 0.15) is 362 Å². The number of hydrogen-bond acceptors (Lipinski definition) is 4. The van der Waals surface area contributed by atoms with Crippen molar-refractivity contribution in [3.8, 4) is 89.0 Å². The van der Waals surface area contributed by atoms with Crippen LogP contribution in [-0.2, 0) is 65.0 Å². The molecule has 4 aliphatic heterocycles. The predicted molar refractivity (Wildman–Crippen MR) is 634 cm³/mol. The molecule has 0 saturated carbocycles. The maximum Gasteiger partial charge on any atom is 0.0737 e. The minimum absolute atomic E-state index is 0.158. The van der Waals surface area contributed by atoms with Crippen LogP contribution in [0.25, 0.3) is 203 Å². The van der Waals surface area contributed by atoms with Gasteiger partial charge < -0.3 is 19.9 Å². The number of benzene rings is 9. The van der Waals surface area contributed by atoms with Crippen LogP contribution in [0.3, 0.4) is 0 Å². The lowest BCUT2D eigenvalue weighted by atomic mass is 9.78. The van der Waals surface area contributed by atoms with Crippen molar-refractivity contribution in [2.45, 2.75) is 314 Å². The van der Waals surface area contributed by atoms with Gasteiger partial charge in [-0.2, -0.15) is 0 Å². The van der Waals surface area contributed by atoms with E-state index in [1.807, 2.05) is 0 Å². The molecule has 0 saturated heterocycles. The zero-order valence-electron chi connectivity index (χ0n) is 94.0. The van der Waals surface area contributed by atoms with E-state index in [0.717, 1.165) is 200 Å². The fourth-order valence-electron chi connectivity index (χ4n) is 21.0. The van der Waals surface area contributed by atoms with E-state index in [9.17, 15) is 0 Å². The van der Waals surface area contributed by atoms with Gasteiger partial charge in [-0.25, -0.2) is 19.9 Å². The fourth-order valence-corrected chi connectivity index (χ4v) is 21.0. The van der Waals surface area contributed by atoms with Crippen molar-refractivity contribution in [3.05, 3.63) is 319 Å². The molecule has 6 aromatic heterocycles. The average molecular weight is 1920 g/mol. The third kappa shape index (κ3) is 19.7. The number of aromatic amines is 4. The summed E-state index contributed by atoms with van der Waals surface area (Å²) in [6.45, 7) is 84.0. The lowest BCUT2D eigenvalue weighted by Gasteiger charge is -2.26. The van der Waals surface area contributed by atoms with E-state index in [1.165, 1.54) is 66.8 Å². The van der Waals surface area contributed by atoms with Gasteiger partial charge in [0.2, 0.25) is 0 Å². The zero-order chi connectivity index (χ0) is 105. The molecule has 0 aliphatic carbocycles. The molecule has 0 atom stereocenters. The third-order valence-corrected chi connectivity index (χ3v) is 30.6. The quantitative estimate of drug-likeness (QED) is 0.113. The van der Waals surface area contributed by atoms with Crippen LogP contribution in [0.15, 0.2) is 206 Å². The number of nitrogens with one attached hydrogen (secondary N) is 4. The van der Waals surface area contributed by atoms with Crippen molar-refractivity contribution >= 4 is 114 Å². The minimum atomic E-state index is -0.181. The molecule has 8 nitrogen and oxygen atoms in total. The van der Waals surface area contributed by atoms with Gasteiger partial charge in [0.1, 0.15) is 0 Å². The van der Waals surface area contributed by atoms with Crippen molar-refractivity contribution in [3.63, 3.8) is 0 Å². The molecule has 16 bridgehead atoms. The van der Waals surface area contributed by atoms with Gasteiger partial charge in [0.25, 0.3) is 0 Å². The van der Waals surface area contributed by atoms with E-state index in [0.29, 0.717) is 0 Å². The van der Waals surface area contributed by atoms with Crippen molar-refractivity contribution in [1.82, 2.24) is 39.9 Å². The molecule has 0 radical (unpaired) electrons. The molecule has 0 amide bonds. The Hall–Kier alpha value is -13.3. The largest absolute Gasteiger partial charge is 0.354 e. The molecule has 0 unspecified atom stereocenters. The summed E-state index contributed by atoms with van der Waals surface area (Å²) in [5.74, 6) is 0. The summed E-state index contributed by atoms with van der Waals surface area (Å²) in [5.41, 5.74) is 44.3. The van der Waals surface area contributed by atoms with Gasteiger partial charge in [-0.3, -0.25) is 0 Å². The molecule has 8 heteroatoms. The van der Waals surface area contributed by atoms with E-state index in [4.69, 9.17) is 19.9 Å². The van der Waals surface area contributed by atoms with Crippen LogP contribution in [-0.4, -0.2) is 39.9 Å². The molecule has 15 aromatic rings. The SMILES string of the molecule is CC(C)(C)c1cc(-c2c3nc(c(-c4cc(C(C)(C)C)cc(C(C)(C)C)c4)c4ccc([nH]4)c(-c4ccc5ccc6ccc(-c7c8nc(c(-c9cc(C(C)(C)C)cc(C(C)(C)C)c9)c9ccc([nH]9)c(-c9cc(C(C)(C)C)cc(C(C)(C)C)c9)c9nc(c(-c%10cc(C(C)(C)C)cc(C(C)(C)C)c%10)c%10ccc7[nH]%10)C=C9)C=C8)cc6c5c4)c4nc(c(-c5cc(C(C)(C)C)cc(C(C)(C)C)c5)c5ccc2[nH]5)C=C4)C=C3)cc(C(C)(C)C)c1. The van der Waals surface area contributed by atoms with Gasteiger partial charge in [-0.05, 0) is 307 Å². The molecule has 746 valence electrons. The zero-order valence-corrected chi connectivity index (χ0v) is 94.0. The highest BCUT2D eigenvalue weighted by molar-refractivity contribution is 6.13. The Kier molecular flexibility index (Phi) is 24.5. The molecule has 0 spiro atoms. The van der Waals surface area contributed by atoms with E-state index in [-0.39, 0.29) is 65.0 Å². The maximum absolute atomic E-state index is 6.11. The Morgan fingerprint density at radius 3 is 0.390 bits per heavy atom. The second kappa shape index (κ2) is 35.2. The molecule has 0 fully saturated rings. The summed E-state index contributed by atoms with van der Waals surface area (Å²) in [5, 5.41) is 4.43. The summed E-state index contributed by atoms with van der Waals surface area (Å²) < 4.78 is 0. The second-order valence-corrected chi connectivity index (χ2v) is 54.7. The van der Waals surface area contributed by atoms with Crippen molar-refractivity contribution in [1.29, 1.82) is 0 Å². The topological polar surface area (TPSA) is 115 Å². The maximum atomic E-state index is 6.11. The van der Waals surface area contributed by atoms with Gasteiger partial charge in [0, 0.05) is 88.6 Å². The number of nitrogens with zero attached hydrogens (tertiary/aromatic N) is 4. The Balaban J connectivity index is 0.931. The summed E-state index contributed by atoms with van der Waals surface area (Å²) in [6.07, 6.45) is 18.2. The monoisotopic (exact) mass is 1920 g/mol. The first-order valence-corrected chi connectivity index (χ1v) is 53.1. The summed E-state index contributed by atoms with van der Waals surface area (Å²) in [7, 11) is 0. The van der Waals surface area contributed by atoms with Crippen molar-refractivity contribution in [2.24, 2.45) is 0 Å². The van der Waals surface area contributed by atoms with Crippen LogP contribution < -0.4 is 0 Å².